The van der Waals surface area contributed by atoms with Crippen LogP contribution in [-0.2, 0) is 12.5 Å². The Labute approximate surface area is 251 Å². The van der Waals surface area contributed by atoms with Gasteiger partial charge in [-0.1, -0.05) is 35.3 Å². The Morgan fingerprint density at radius 1 is 0.953 bits per heavy atom. The third-order valence-electron chi connectivity index (χ3n) is 5.74. The lowest BCUT2D eigenvalue weighted by molar-refractivity contribution is -0.292. The van der Waals surface area contributed by atoms with Crippen LogP contribution in [0.3, 0.4) is 0 Å². The fourth-order valence-electron chi connectivity index (χ4n) is 3.86. The number of carbonyl (C=O) groups is 2. The molecule has 17 heteroatoms. The number of rotatable bonds is 7. The van der Waals surface area contributed by atoms with Gasteiger partial charge in [-0.15, -0.1) is 10.2 Å². The predicted octanol–water partition coefficient (Wildman–Crippen LogP) is 5.96. The van der Waals surface area contributed by atoms with Gasteiger partial charge in [0.2, 0.25) is 0 Å². The fraction of sp³-hybridized carbons (Fsp3) is 0.308. The van der Waals surface area contributed by atoms with Crippen molar-refractivity contribution in [1.82, 2.24) is 35.3 Å². The number of hydrogen-bond acceptors (Lipinski definition) is 6. The van der Waals surface area contributed by atoms with Gasteiger partial charge in [-0.05, 0) is 68.8 Å². The number of alkyl halides is 5. The second-order valence-electron chi connectivity index (χ2n) is 10.4. The molecular formula is C26H23Cl2F5N8O2. The molecule has 0 atom stereocenters. The normalized spacial score (nSPS) is 12.3. The number of anilines is 1. The van der Waals surface area contributed by atoms with Gasteiger partial charge in [-0.2, -0.15) is 31.8 Å². The van der Waals surface area contributed by atoms with Crippen LogP contribution in [0, 0.1) is 6.92 Å². The highest BCUT2D eigenvalue weighted by molar-refractivity contribution is 6.32. The number of aryl methyl sites for hydroxylation is 1. The molecule has 0 bridgehead atoms. The quantitative estimate of drug-likeness (QED) is 0.240. The van der Waals surface area contributed by atoms with Crippen molar-refractivity contribution in [2.24, 2.45) is 0 Å². The van der Waals surface area contributed by atoms with Crippen LogP contribution in [-0.4, -0.2) is 53.5 Å². The van der Waals surface area contributed by atoms with E-state index in [1.54, 1.807) is 52.0 Å². The third-order valence-corrected chi connectivity index (χ3v) is 6.28. The molecule has 43 heavy (non-hydrogen) atoms. The maximum absolute atomic E-state index is 13.7. The topological polar surface area (TPSA) is 120 Å². The molecule has 4 rings (SSSR count). The summed E-state index contributed by atoms with van der Waals surface area (Å²) in [6, 6.07) is 10.5. The van der Waals surface area contributed by atoms with Crippen molar-refractivity contribution in [3.05, 3.63) is 80.8 Å². The van der Waals surface area contributed by atoms with Gasteiger partial charge in [0.05, 0.1) is 27.7 Å². The van der Waals surface area contributed by atoms with E-state index in [4.69, 9.17) is 23.2 Å². The van der Waals surface area contributed by atoms with Crippen LogP contribution < -0.4 is 10.6 Å². The molecule has 4 aromatic rings. The number of aromatic nitrogens is 6. The van der Waals surface area contributed by atoms with Crippen LogP contribution >= 0.6 is 23.2 Å². The first kappa shape index (κ1) is 31.8. The van der Waals surface area contributed by atoms with E-state index in [-0.39, 0.29) is 38.4 Å². The minimum atomic E-state index is -5.93. The van der Waals surface area contributed by atoms with Gasteiger partial charge in [0.25, 0.3) is 17.6 Å². The number of nitrogens with one attached hydrogen (secondary N) is 2. The molecule has 0 fully saturated rings. The number of nitrogens with zero attached hydrogens (tertiary/aromatic N) is 6. The average molecular weight is 645 g/mol. The largest absolute Gasteiger partial charge is 0.461 e. The molecule has 0 aliphatic rings. The first-order valence-electron chi connectivity index (χ1n) is 12.4. The van der Waals surface area contributed by atoms with Gasteiger partial charge in [0, 0.05) is 10.6 Å². The van der Waals surface area contributed by atoms with Crippen molar-refractivity contribution in [1.29, 1.82) is 0 Å². The number of benzene rings is 2. The summed E-state index contributed by atoms with van der Waals surface area (Å²) in [6.07, 6.45) is -5.93. The van der Waals surface area contributed by atoms with Crippen molar-refractivity contribution >= 4 is 40.7 Å². The van der Waals surface area contributed by atoms with Crippen molar-refractivity contribution in [3.63, 3.8) is 0 Å². The van der Waals surface area contributed by atoms with Gasteiger partial charge < -0.3 is 10.6 Å². The van der Waals surface area contributed by atoms with Gasteiger partial charge in [0.1, 0.15) is 12.2 Å². The summed E-state index contributed by atoms with van der Waals surface area (Å²) >= 11 is 12.5. The van der Waals surface area contributed by atoms with E-state index in [0.717, 1.165) is 4.68 Å². The Bertz CT molecular complexity index is 1700. The number of hydrogen-bond donors (Lipinski definition) is 2. The van der Waals surface area contributed by atoms with Crippen molar-refractivity contribution in [2.45, 2.75) is 51.9 Å². The zero-order valence-electron chi connectivity index (χ0n) is 22.9. The number of amides is 2. The molecule has 0 aliphatic carbocycles. The van der Waals surface area contributed by atoms with Gasteiger partial charge in [0.15, 0.2) is 0 Å². The molecule has 0 unspecified atom stereocenters. The molecule has 0 spiro atoms. The third kappa shape index (κ3) is 6.94. The summed E-state index contributed by atoms with van der Waals surface area (Å²) in [5.74, 6) is -8.44. The van der Waals surface area contributed by atoms with Gasteiger partial charge >= 0.3 is 12.1 Å². The van der Waals surface area contributed by atoms with Crippen molar-refractivity contribution in [3.8, 4) is 5.69 Å². The van der Waals surface area contributed by atoms with Gasteiger partial charge in [-0.25, -0.2) is 4.68 Å². The lowest BCUT2D eigenvalue weighted by Gasteiger charge is -2.22. The van der Waals surface area contributed by atoms with E-state index >= 15 is 0 Å². The molecule has 0 radical (unpaired) electrons. The molecule has 2 amide bonds. The summed E-state index contributed by atoms with van der Waals surface area (Å²) in [7, 11) is 0. The van der Waals surface area contributed by atoms with Gasteiger partial charge in [-0.3, -0.25) is 9.59 Å². The molecule has 2 N–H and O–H groups in total. The monoisotopic (exact) mass is 644 g/mol. The molecule has 10 nitrogen and oxygen atoms in total. The average Bonchev–Trinajstić information content (AvgIpc) is 3.52. The van der Waals surface area contributed by atoms with E-state index < -0.39 is 41.8 Å². The molecule has 0 saturated heterocycles. The number of tetrazole rings is 1. The van der Waals surface area contributed by atoms with Crippen LogP contribution in [0.4, 0.5) is 27.6 Å². The Balaban J connectivity index is 1.74. The smallest absolute Gasteiger partial charge is 0.347 e. The molecule has 2 heterocycles. The zero-order valence-corrected chi connectivity index (χ0v) is 24.4. The lowest BCUT2D eigenvalue weighted by atomic mass is 10.0. The van der Waals surface area contributed by atoms with Crippen molar-refractivity contribution < 1.29 is 31.5 Å². The maximum atomic E-state index is 13.7. The second kappa shape index (κ2) is 11.5. The summed E-state index contributed by atoms with van der Waals surface area (Å²) in [4.78, 5) is 27.2. The Morgan fingerprint density at radius 2 is 1.63 bits per heavy atom. The van der Waals surface area contributed by atoms with E-state index in [0.29, 0.717) is 10.4 Å². The van der Waals surface area contributed by atoms with Crippen LogP contribution in [0.5, 0.6) is 0 Å². The van der Waals surface area contributed by atoms with E-state index in [9.17, 15) is 31.5 Å². The fourth-order valence-corrected chi connectivity index (χ4v) is 4.35. The molecule has 0 aliphatic heterocycles. The summed E-state index contributed by atoms with van der Waals surface area (Å²) < 4.78 is 66.7. The zero-order chi connectivity index (χ0) is 31.9. The Hall–Kier alpha value is -4.11. The minimum absolute atomic E-state index is 0.0112. The maximum Gasteiger partial charge on any atom is 0.461 e. The first-order valence-corrected chi connectivity index (χ1v) is 13.1. The van der Waals surface area contributed by atoms with E-state index in [1.807, 2.05) is 0 Å². The molecular weight excluding hydrogens is 622 g/mol. The summed E-state index contributed by atoms with van der Waals surface area (Å²) in [5.41, 5.74) is 0.210. The highest BCUT2D eigenvalue weighted by atomic mass is 35.5. The first-order chi connectivity index (χ1) is 19.9. The summed E-state index contributed by atoms with van der Waals surface area (Å²) in [5, 5.41) is 19.5. The predicted molar refractivity (Wildman–Crippen MR) is 147 cm³/mol. The van der Waals surface area contributed by atoms with Crippen molar-refractivity contribution in [2.75, 3.05) is 5.32 Å². The lowest BCUT2D eigenvalue weighted by Crippen LogP contribution is -2.41. The molecule has 228 valence electrons. The van der Waals surface area contributed by atoms with Crippen LogP contribution in [0.15, 0.2) is 42.5 Å². The Morgan fingerprint density at radius 3 is 2.26 bits per heavy atom. The van der Waals surface area contributed by atoms with Crippen LogP contribution in [0.25, 0.3) is 5.69 Å². The highest BCUT2D eigenvalue weighted by Crippen LogP contribution is 2.42. The SMILES string of the molecule is Cc1cc(Cl)cc(C(=O)NC(C)(C)C)c1NC(=O)c1cc(Cn2nnc(C(F)(F)C(F)(F)F)n2)nn1-c1ccccc1Cl. The highest BCUT2D eigenvalue weighted by Gasteiger charge is 2.62. The molecule has 0 saturated carbocycles. The van der Waals surface area contributed by atoms with Crippen LogP contribution in [0.2, 0.25) is 10.0 Å². The standard InChI is InChI=1S/C26H23Cl2F5N8O2/c1-13-9-14(27)10-16(21(42)35-24(2,3)4)20(13)34-22(43)19-11-15(37-41(19)18-8-6-5-7-17(18)28)12-40-38-23(36-39-40)25(29,30)26(31,32)33/h5-11H,12H2,1-4H3,(H,34,43)(H,35,42). The number of carbonyl (C=O) groups excluding carboxylic acids is 2. The molecule has 2 aromatic carbocycles. The number of para-hydroxylation sites is 1. The number of halogens is 7. The minimum Gasteiger partial charge on any atom is -0.347 e. The Kier molecular flexibility index (Phi) is 8.53. The second-order valence-corrected chi connectivity index (χ2v) is 11.2. The van der Waals surface area contributed by atoms with E-state index in [1.165, 1.54) is 18.2 Å². The van der Waals surface area contributed by atoms with Crippen LogP contribution in [0.1, 0.15) is 58.7 Å². The van der Waals surface area contributed by atoms with E-state index in [2.05, 4.69) is 31.1 Å². The molecule has 2 aromatic heterocycles. The summed E-state index contributed by atoms with van der Waals surface area (Å²) in [6.45, 7) is 6.44.